The summed E-state index contributed by atoms with van der Waals surface area (Å²) in [6.45, 7) is 23.4. The molecule has 0 aliphatic carbocycles. The van der Waals surface area contributed by atoms with Gasteiger partial charge in [0, 0.05) is 13.0 Å². The van der Waals surface area contributed by atoms with Crippen LogP contribution in [0.4, 0.5) is 0 Å². The monoisotopic (exact) mass is 275 g/mol. The molecule has 0 aromatic rings. The van der Waals surface area contributed by atoms with Crippen LogP contribution in [0.25, 0.3) is 0 Å². The van der Waals surface area contributed by atoms with Gasteiger partial charge in [-0.1, -0.05) is 82.6 Å². The van der Waals surface area contributed by atoms with E-state index >= 15 is 0 Å². The molecule has 19 heavy (non-hydrogen) atoms. The van der Waals surface area contributed by atoms with Gasteiger partial charge in [0.1, 0.15) is 0 Å². The zero-order chi connectivity index (χ0) is 16.5. The average Bonchev–Trinajstić information content (AvgIpc) is 2.43. The van der Waals surface area contributed by atoms with Gasteiger partial charge in [-0.25, -0.2) is 0 Å². The van der Waals surface area contributed by atoms with Gasteiger partial charge >= 0.3 is 0 Å². The first kappa shape index (κ1) is 26.9. The minimum absolute atomic E-state index is 0.140. The molecule has 0 aliphatic heterocycles. The smallest absolute Gasteiger partial charge is 0.220 e. The van der Waals surface area contributed by atoms with Crippen LogP contribution in [0.2, 0.25) is 0 Å². The summed E-state index contributed by atoms with van der Waals surface area (Å²) in [5, 5.41) is 2.93. The van der Waals surface area contributed by atoms with Gasteiger partial charge in [-0.05, 0) is 11.3 Å². The van der Waals surface area contributed by atoms with Gasteiger partial charge in [0.2, 0.25) is 5.91 Å². The Kier molecular flexibility index (Phi) is 28.1. The minimum Gasteiger partial charge on any atom is -0.356 e. The molecule has 2 nitrogen and oxygen atoms in total. The molecule has 0 saturated heterocycles. The van der Waals surface area contributed by atoms with Crippen molar-refractivity contribution in [3.63, 3.8) is 0 Å². The van der Waals surface area contributed by atoms with Crippen molar-refractivity contribution in [2.45, 2.75) is 89.0 Å². The number of amides is 1. The third-order valence-corrected chi connectivity index (χ3v) is 2.30. The van der Waals surface area contributed by atoms with Crippen LogP contribution in [-0.2, 0) is 4.79 Å². The van der Waals surface area contributed by atoms with E-state index in [2.05, 4.69) is 39.9 Å². The molecule has 0 aliphatic rings. The largest absolute Gasteiger partial charge is 0.356 e. The van der Waals surface area contributed by atoms with Crippen molar-refractivity contribution in [3.05, 3.63) is 0 Å². The quantitative estimate of drug-likeness (QED) is 0.688. The summed E-state index contributed by atoms with van der Waals surface area (Å²) >= 11 is 0. The molecule has 0 spiro atoms. The molecule has 0 heterocycles. The molecule has 1 amide bonds. The number of rotatable bonds is 5. The second-order valence-electron chi connectivity index (χ2n) is 4.89. The Bertz CT molecular complexity index is 163. The maximum Gasteiger partial charge on any atom is 0.220 e. The first-order valence-corrected chi connectivity index (χ1v) is 8.14. The van der Waals surface area contributed by atoms with Gasteiger partial charge in [-0.3, -0.25) is 4.79 Å². The topological polar surface area (TPSA) is 29.1 Å². The van der Waals surface area contributed by atoms with Crippen LogP contribution in [0.15, 0.2) is 0 Å². The van der Waals surface area contributed by atoms with Crippen LogP contribution >= 0.6 is 0 Å². The number of hydrogen-bond donors (Lipinski definition) is 1. The van der Waals surface area contributed by atoms with Crippen molar-refractivity contribution in [1.29, 1.82) is 0 Å². The SMILES string of the molecule is CC.CC.CC.CCC(C)(C)CC(=O)NCC(C)C. The molecule has 0 rings (SSSR count). The average molecular weight is 276 g/mol. The third-order valence-electron chi connectivity index (χ3n) is 2.30. The number of hydrogen-bond acceptors (Lipinski definition) is 1. The molecule has 0 saturated carbocycles. The highest BCUT2D eigenvalue weighted by Gasteiger charge is 2.19. The fourth-order valence-electron chi connectivity index (χ4n) is 0.940. The van der Waals surface area contributed by atoms with Gasteiger partial charge in [0.15, 0.2) is 0 Å². The van der Waals surface area contributed by atoms with E-state index in [1.54, 1.807) is 0 Å². The summed E-state index contributed by atoms with van der Waals surface area (Å²) in [4.78, 5) is 11.4. The molecule has 120 valence electrons. The van der Waals surface area contributed by atoms with Crippen molar-refractivity contribution in [1.82, 2.24) is 5.32 Å². The lowest BCUT2D eigenvalue weighted by atomic mass is 9.86. The van der Waals surface area contributed by atoms with E-state index in [1.165, 1.54) is 0 Å². The van der Waals surface area contributed by atoms with E-state index in [1.807, 2.05) is 41.5 Å². The Balaban J connectivity index is -0.000000163. The fraction of sp³-hybridized carbons (Fsp3) is 0.941. The lowest BCUT2D eigenvalue weighted by molar-refractivity contribution is -0.123. The lowest BCUT2D eigenvalue weighted by Crippen LogP contribution is -2.31. The summed E-state index contributed by atoms with van der Waals surface area (Å²) < 4.78 is 0. The Morgan fingerprint density at radius 1 is 1.00 bits per heavy atom. The van der Waals surface area contributed by atoms with Crippen molar-refractivity contribution >= 4 is 5.91 Å². The molecule has 0 fully saturated rings. The molecule has 2 heteroatoms. The first-order valence-electron chi connectivity index (χ1n) is 8.14. The van der Waals surface area contributed by atoms with Crippen LogP contribution in [0, 0.1) is 11.3 Å². The molecule has 0 bridgehead atoms. The molecular weight excluding hydrogens is 234 g/mol. The highest BCUT2D eigenvalue weighted by Crippen LogP contribution is 2.23. The maximum absolute atomic E-state index is 11.4. The maximum atomic E-state index is 11.4. The summed E-state index contributed by atoms with van der Waals surface area (Å²) in [5.74, 6) is 0.717. The van der Waals surface area contributed by atoms with Crippen LogP contribution in [0.1, 0.15) is 89.0 Å². The van der Waals surface area contributed by atoms with E-state index in [-0.39, 0.29) is 11.3 Å². The summed E-state index contributed by atoms with van der Waals surface area (Å²) in [6, 6.07) is 0. The second kappa shape index (κ2) is 19.8. The molecule has 0 aromatic heterocycles. The summed E-state index contributed by atoms with van der Waals surface area (Å²) in [5.41, 5.74) is 0.140. The highest BCUT2D eigenvalue weighted by molar-refractivity contribution is 5.76. The van der Waals surface area contributed by atoms with Crippen LogP contribution in [-0.4, -0.2) is 12.5 Å². The Morgan fingerprint density at radius 3 is 1.63 bits per heavy atom. The zero-order valence-electron chi connectivity index (χ0n) is 15.6. The van der Waals surface area contributed by atoms with Gasteiger partial charge < -0.3 is 5.32 Å². The van der Waals surface area contributed by atoms with Gasteiger partial charge in [-0.2, -0.15) is 0 Å². The van der Waals surface area contributed by atoms with E-state index in [4.69, 9.17) is 0 Å². The highest BCUT2D eigenvalue weighted by atomic mass is 16.1. The first-order chi connectivity index (χ1) is 8.87. The summed E-state index contributed by atoms with van der Waals surface area (Å²) in [7, 11) is 0. The van der Waals surface area contributed by atoms with E-state index < -0.39 is 0 Å². The fourth-order valence-corrected chi connectivity index (χ4v) is 0.940. The number of carbonyl (C=O) groups excluding carboxylic acids is 1. The van der Waals surface area contributed by atoms with Crippen LogP contribution in [0.5, 0.6) is 0 Å². The molecule has 0 radical (unpaired) electrons. The number of nitrogens with one attached hydrogen (secondary N) is 1. The van der Waals surface area contributed by atoms with E-state index in [9.17, 15) is 4.79 Å². The van der Waals surface area contributed by atoms with Gasteiger partial charge in [-0.15, -0.1) is 0 Å². The predicted molar refractivity (Wildman–Crippen MR) is 90.6 cm³/mol. The van der Waals surface area contributed by atoms with Gasteiger partial charge in [0.25, 0.3) is 0 Å². The van der Waals surface area contributed by atoms with Crippen molar-refractivity contribution < 1.29 is 4.79 Å². The summed E-state index contributed by atoms with van der Waals surface area (Å²) in [6.07, 6.45) is 1.68. The Morgan fingerprint density at radius 2 is 1.37 bits per heavy atom. The molecule has 1 N–H and O–H groups in total. The van der Waals surface area contributed by atoms with E-state index in [0.717, 1.165) is 13.0 Å². The lowest BCUT2D eigenvalue weighted by Gasteiger charge is -2.21. The van der Waals surface area contributed by atoms with E-state index in [0.29, 0.717) is 12.3 Å². The van der Waals surface area contributed by atoms with Crippen molar-refractivity contribution in [2.24, 2.45) is 11.3 Å². The molecule has 0 atom stereocenters. The predicted octanol–water partition coefficient (Wildman–Crippen LogP) is 5.66. The van der Waals surface area contributed by atoms with Gasteiger partial charge in [0.05, 0.1) is 0 Å². The Hall–Kier alpha value is -0.530. The third kappa shape index (κ3) is 26.9. The standard InChI is InChI=1S/C11H23NO.3C2H6/c1-6-11(4,5)7-10(13)12-8-9(2)3;3*1-2/h9H,6-8H2,1-5H3,(H,12,13);3*1-2H3. The molecule has 0 aromatic carbocycles. The Labute approximate surface area is 123 Å². The minimum atomic E-state index is 0.140. The van der Waals surface area contributed by atoms with Crippen LogP contribution < -0.4 is 5.32 Å². The molecule has 0 unspecified atom stereocenters. The number of carbonyl (C=O) groups is 1. The van der Waals surface area contributed by atoms with Crippen molar-refractivity contribution in [3.8, 4) is 0 Å². The molecular formula is C17H41NO. The van der Waals surface area contributed by atoms with Crippen molar-refractivity contribution in [2.75, 3.05) is 6.54 Å². The second-order valence-corrected chi connectivity index (χ2v) is 4.89. The van der Waals surface area contributed by atoms with Crippen LogP contribution in [0.3, 0.4) is 0 Å². The zero-order valence-corrected chi connectivity index (χ0v) is 15.6. The normalized spacial score (nSPS) is 9.05.